The summed E-state index contributed by atoms with van der Waals surface area (Å²) in [5, 5.41) is 10.1. The van der Waals surface area contributed by atoms with Crippen LogP contribution >= 0.6 is 0 Å². The summed E-state index contributed by atoms with van der Waals surface area (Å²) in [5.74, 6) is 0. The van der Waals surface area contributed by atoms with E-state index in [1.165, 1.54) is 13.0 Å². The Morgan fingerprint density at radius 1 is 1.82 bits per heavy atom. The first-order valence-corrected chi connectivity index (χ1v) is 3.16. The SMILES string of the molecule is CC(=Cc1ccc[nH]1)[N+](=O)[O-]. The molecular weight excluding hydrogens is 144 g/mol. The summed E-state index contributed by atoms with van der Waals surface area (Å²) in [6, 6.07) is 3.56. The fraction of sp³-hybridized carbons (Fsp3) is 0.143. The van der Waals surface area contributed by atoms with Crippen LogP contribution in [-0.2, 0) is 0 Å². The number of rotatable bonds is 2. The molecule has 1 aromatic heterocycles. The van der Waals surface area contributed by atoms with Gasteiger partial charge in [0.05, 0.1) is 4.92 Å². The lowest BCUT2D eigenvalue weighted by Crippen LogP contribution is -1.92. The maximum absolute atomic E-state index is 10.1. The lowest BCUT2D eigenvalue weighted by atomic mass is 10.3. The molecule has 0 saturated heterocycles. The van der Waals surface area contributed by atoms with Gasteiger partial charge in [-0.15, -0.1) is 0 Å². The number of nitro groups is 1. The summed E-state index contributed by atoms with van der Waals surface area (Å²) in [7, 11) is 0. The smallest absolute Gasteiger partial charge is 0.245 e. The predicted octanol–water partition coefficient (Wildman–Crippen LogP) is 1.65. The third kappa shape index (κ3) is 1.93. The van der Waals surface area contributed by atoms with Crippen LogP contribution in [0.1, 0.15) is 12.6 Å². The van der Waals surface area contributed by atoms with Crippen molar-refractivity contribution in [2.45, 2.75) is 6.92 Å². The van der Waals surface area contributed by atoms with Crippen LogP contribution in [-0.4, -0.2) is 9.91 Å². The standard InChI is InChI=1S/C7H8N2O2/c1-6(9(10)11)5-7-3-2-4-8-7/h2-5,8H,1H3. The van der Waals surface area contributed by atoms with E-state index < -0.39 is 4.92 Å². The number of hydrogen-bond donors (Lipinski definition) is 1. The van der Waals surface area contributed by atoms with Gasteiger partial charge < -0.3 is 4.98 Å². The Hall–Kier alpha value is -1.58. The second kappa shape index (κ2) is 3.01. The first kappa shape index (κ1) is 7.53. The maximum Gasteiger partial charge on any atom is 0.245 e. The zero-order chi connectivity index (χ0) is 8.27. The largest absolute Gasteiger partial charge is 0.361 e. The van der Waals surface area contributed by atoms with Crippen molar-refractivity contribution in [2.24, 2.45) is 0 Å². The van der Waals surface area contributed by atoms with Crippen molar-refractivity contribution in [3.8, 4) is 0 Å². The summed E-state index contributed by atoms with van der Waals surface area (Å²) >= 11 is 0. The van der Waals surface area contributed by atoms with Crippen LogP contribution in [0.5, 0.6) is 0 Å². The molecule has 4 nitrogen and oxygen atoms in total. The van der Waals surface area contributed by atoms with Gasteiger partial charge >= 0.3 is 0 Å². The zero-order valence-electron chi connectivity index (χ0n) is 6.07. The average molecular weight is 152 g/mol. The van der Waals surface area contributed by atoms with Gasteiger partial charge in [0, 0.05) is 24.9 Å². The number of nitrogens with zero attached hydrogens (tertiary/aromatic N) is 1. The molecule has 1 rings (SSSR count). The second-order valence-electron chi connectivity index (χ2n) is 2.17. The minimum atomic E-state index is -0.416. The molecular formula is C7H8N2O2. The number of nitrogens with one attached hydrogen (secondary N) is 1. The van der Waals surface area contributed by atoms with E-state index in [1.807, 2.05) is 0 Å². The van der Waals surface area contributed by atoms with Gasteiger partial charge in [-0.2, -0.15) is 0 Å². The molecule has 11 heavy (non-hydrogen) atoms. The van der Waals surface area contributed by atoms with Crippen LogP contribution in [0, 0.1) is 10.1 Å². The summed E-state index contributed by atoms with van der Waals surface area (Å²) in [6.45, 7) is 1.46. The molecule has 58 valence electrons. The highest BCUT2D eigenvalue weighted by Gasteiger charge is 2.00. The number of hydrogen-bond acceptors (Lipinski definition) is 2. The number of aromatic amines is 1. The van der Waals surface area contributed by atoms with E-state index in [0.29, 0.717) is 0 Å². The van der Waals surface area contributed by atoms with Gasteiger partial charge in [0.1, 0.15) is 0 Å². The van der Waals surface area contributed by atoms with Crippen LogP contribution in [0.4, 0.5) is 0 Å². The maximum atomic E-state index is 10.1. The molecule has 0 unspecified atom stereocenters. The van der Waals surface area contributed by atoms with Crippen LogP contribution in [0.3, 0.4) is 0 Å². The number of aromatic nitrogens is 1. The lowest BCUT2D eigenvalue weighted by molar-refractivity contribution is -0.422. The number of allylic oxidation sites excluding steroid dienone is 1. The molecule has 1 heterocycles. The summed E-state index contributed by atoms with van der Waals surface area (Å²) in [4.78, 5) is 12.6. The van der Waals surface area contributed by atoms with Gasteiger partial charge in [0.15, 0.2) is 0 Å². The van der Waals surface area contributed by atoms with E-state index >= 15 is 0 Å². The van der Waals surface area contributed by atoms with Gasteiger partial charge in [-0.05, 0) is 12.1 Å². The zero-order valence-corrected chi connectivity index (χ0v) is 6.07. The van der Waals surface area contributed by atoms with E-state index in [1.54, 1.807) is 18.3 Å². The molecule has 0 aliphatic rings. The molecule has 0 bridgehead atoms. The highest BCUT2D eigenvalue weighted by atomic mass is 16.6. The van der Waals surface area contributed by atoms with Gasteiger partial charge in [-0.3, -0.25) is 10.1 Å². The molecule has 0 aliphatic carbocycles. The van der Waals surface area contributed by atoms with E-state index in [-0.39, 0.29) is 5.70 Å². The van der Waals surface area contributed by atoms with Crippen LogP contribution in [0.15, 0.2) is 24.0 Å². The molecule has 1 aromatic rings. The van der Waals surface area contributed by atoms with Gasteiger partial charge in [-0.1, -0.05) is 0 Å². The van der Waals surface area contributed by atoms with Crippen LogP contribution in [0.2, 0.25) is 0 Å². The monoisotopic (exact) mass is 152 g/mol. The average Bonchev–Trinajstić information content (AvgIpc) is 2.39. The Balaban J connectivity index is 2.82. The quantitative estimate of drug-likeness (QED) is 0.517. The molecule has 0 amide bonds. The molecule has 0 radical (unpaired) electrons. The Labute approximate surface area is 63.7 Å². The topological polar surface area (TPSA) is 58.9 Å². The van der Waals surface area contributed by atoms with Crippen molar-refractivity contribution in [1.82, 2.24) is 4.98 Å². The highest BCUT2D eigenvalue weighted by Crippen LogP contribution is 2.03. The second-order valence-corrected chi connectivity index (χ2v) is 2.17. The highest BCUT2D eigenvalue weighted by molar-refractivity contribution is 5.45. The normalized spacial score (nSPS) is 11.5. The van der Waals surface area contributed by atoms with Crippen molar-refractivity contribution in [3.05, 3.63) is 39.8 Å². The van der Waals surface area contributed by atoms with Crippen molar-refractivity contribution in [3.63, 3.8) is 0 Å². The summed E-state index contributed by atoms with van der Waals surface area (Å²) in [6.07, 6.45) is 3.21. The van der Waals surface area contributed by atoms with Crippen molar-refractivity contribution in [1.29, 1.82) is 0 Å². The fourth-order valence-electron chi connectivity index (χ4n) is 0.712. The number of H-pyrrole nitrogens is 1. The third-order valence-electron chi connectivity index (χ3n) is 1.27. The van der Waals surface area contributed by atoms with Gasteiger partial charge in [0.2, 0.25) is 5.70 Å². The van der Waals surface area contributed by atoms with Crippen molar-refractivity contribution < 1.29 is 4.92 Å². The van der Waals surface area contributed by atoms with E-state index in [2.05, 4.69) is 4.98 Å². The van der Waals surface area contributed by atoms with E-state index in [0.717, 1.165) is 5.69 Å². The van der Waals surface area contributed by atoms with E-state index in [9.17, 15) is 10.1 Å². The van der Waals surface area contributed by atoms with Crippen molar-refractivity contribution in [2.75, 3.05) is 0 Å². The van der Waals surface area contributed by atoms with Gasteiger partial charge in [-0.25, -0.2) is 0 Å². The Morgan fingerprint density at radius 3 is 3.00 bits per heavy atom. The molecule has 0 aromatic carbocycles. The first-order chi connectivity index (χ1) is 5.20. The molecule has 0 fully saturated rings. The van der Waals surface area contributed by atoms with Gasteiger partial charge in [0.25, 0.3) is 0 Å². The molecule has 0 spiro atoms. The molecule has 1 N–H and O–H groups in total. The lowest BCUT2D eigenvalue weighted by Gasteiger charge is -1.87. The minimum absolute atomic E-state index is 0.132. The Kier molecular flexibility index (Phi) is 2.06. The minimum Gasteiger partial charge on any atom is -0.361 e. The fourth-order valence-corrected chi connectivity index (χ4v) is 0.712. The van der Waals surface area contributed by atoms with E-state index in [4.69, 9.17) is 0 Å². The summed E-state index contributed by atoms with van der Waals surface area (Å²) in [5.41, 5.74) is 0.881. The summed E-state index contributed by atoms with van der Waals surface area (Å²) < 4.78 is 0. The van der Waals surface area contributed by atoms with Crippen molar-refractivity contribution >= 4 is 6.08 Å². The van der Waals surface area contributed by atoms with Crippen LogP contribution in [0.25, 0.3) is 6.08 Å². The third-order valence-corrected chi connectivity index (χ3v) is 1.27. The van der Waals surface area contributed by atoms with Crippen LogP contribution < -0.4 is 0 Å². The predicted molar refractivity (Wildman–Crippen MR) is 41.4 cm³/mol. The Morgan fingerprint density at radius 2 is 2.55 bits per heavy atom. The first-order valence-electron chi connectivity index (χ1n) is 3.16. The molecule has 4 heteroatoms. The Bertz CT molecular complexity index is 275. The molecule has 0 saturated carbocycles. The molecule has 0 aliphatic heterocycles. The molecule has 0 atom stereocenters.